The van der Waals surface area contributed by atoms with E-state index >= 15 is 0 Å². The average molecular weight is 277 g/mol. The van der Waals surface area contributed by atoms with E-state index in [1.807, 2.05) is 19.1 Å². The summed E-state index contributed by atoms with van der Waals surface area (Å²) in [4.78, 5) is 5.75. The first-order valence-corrected chi connectivity index (χ1v) is 7.43. The monoisotopic (exact) mass is 277 g/mol. The fourth-order valence-corrected chi connectivity index (χ4v) is 3.05. The Labute approximate surface area is 112 Å². The number of anilines is 2. The maximum absolute atomic E-state index is 5.01. The molecule has 0 saturated carbocycles. The van der Waals surface area contributed by atoms with Gasteiger partial charge >= 0.3 is 0 Å². The third-order valence-electron chi connectivity index (χ3n) is 2.46. The molecule has 1 aromatic carbocycles. The van der Waals surface area contributed by atoms with Gasteiger partial charge in [-0.1, -0.05) is 16.5 Å². The zero-order valence-corrected chi connectivity index (χ0v) is 11.6. The highest BCUT2D eigenvalue weighted by molar-refractivity contribution is 7.98. The quantitative estimate of drug-likeness (QED) is 0.732. The van der Waals surface area contributed by atoms with Crippen LogP contribution in [-0.2, 0) is 0 Å². The zero-order valence-electron chi connectivity index (χ0n) is 9.93. The molecule has 92 valence electrons. The minimum Gasteiger partial charge on any atom is -0.360 e. The summed E-state index contributed by atoms with van der Waals surface area (Å²) in [6.45, 7) is 1.86. The summed E-state index contributed by atoms with van der Waals surface area (Å²) in [7, 11) is 0. The highest BCUT2D eigenvalue weighted by Gasteiger charge is 2.07. The molecule has 6 heteroatoms. The second kappa shape index (κ2) is 4.62. The normalized spacial score (nSPS) is 11.0. The molecule has 0 saturated heterocycles. The van der Waals surface area contributed by atoms with Crippen molar-refractivity contribution < 1.29 is 4.52 Å². The van der Waals surface area contributed by atoms with Gasteiger partial charge in [0.1, 0.15) is 5.76 Å². The Morgan fingerprint density at radius 2 is 2.22 bits per heavy atom. The molecule has 0 unspecified atom stereocenters. The van der Waals surface area contributed by atoms with Crippen molar-refractivity contribution in [2.24, 2.45) is 0 Å². The van der Waals surface area contributed by atoms with Gasteiger partial charge in [0.2, 0.25) is 0 Å². The van der Waals surface area contributed by atoms with Crippen molar-refractivity contribution in [3.63, 3.8) is 0 Å². The predicted molar refractivity (Wildman–Crippen MR) is 75.9 cm³/mol. The van der Waals surface area contributed by atoms with E-state index in [9.17, 15) is 0 Å². The molecular weight excluding hydrogens is 266 g/mol. The lowest BCUT2D eigenvalue weighted by Crippen LogP contribution is -1.87. The van der Waals surface area contributed by atoms with Gasteiger partial charge in [-0.15, -0.1) is 11.8 Å². The lowest BCUT2D eigenvalue weighted by molar-refractivity contribution is 0.400. The van der Waals surface area contributed by atoms with Crippen molar-refractivity contribution in [1.82, 2.24) is 10.1 Å². The molecule has 0 radical (unpaired) electrons. The molecule has 2 aromatic heterocycles. The molecule has 18 heavy (non-hydrogen) atoms. The largest absolute Gasteiger partial charge is 0.360 e. The number of rotatable bonds is 3. The maximum Gasteiger partial charge on any atom is 0.189 e. The highest BCUT2D eigenvalue weighted by Crippen LogP contribution is 2.30. The number of nitrogens with zero attached hydrogens (tertiary/aromatic N) is 2. The number of thiazole rings is 1. The Morgan fingerprint density at radius 3 is 2.94 bits per heavy atom. The zero-order chi connectivity index (χ0) is 12.5. The fraction of sp³-hybridized carbons (Fsp3) is 0.167. The molecule has 4 nitrogen and oxygen atoms in total. The molecule has 0 bridgehead atoms. The van der Waals surface area contributed by atoms with Crippen LogP contribution in [0, 0.1) is 6.92 Å². The third-order valence-corrected chi connectivity index (χ3v) is 4.12. The molecule has 3 rings (SSSR count). The van der Waals surface area contributed by atoms with E-state index in [0.29, 0.717) is 5.82 Å². The van der Waals surface area contributed by atoms with Crippen molar-refractivity contribution in [3.8, 4) is 0 Å². The molecule has 2 heterocycles. The third kappa shape index (κ3) is 2.21. The highest BCUT2D eigenvalue weighted by atomic mass is 32.2. The van der Waals surface area contributed by atoms with Crippen LogP contribution in [0.25, 0.3) is 10.2 Å². The second-order valence-corrected chi connectivity index (χ2v) is 5.71. The Hall–Kier alpha value is -1.53. The van der Waals surface area contributed by atoms with Crippen LogP contribution in [0.4, 0.5) is 10.9 Å². The van der Waals surface area contributed by atoms with E-state index in [-0.39, 0.29) is 0 Å². The van der Waals surface area contributed by atoms with Crippen molar-refractivity contribution in [3.05, 3.63) is 30.0 Å². The summed E-state index contributed by atoms with van der Waals surface area (Å²) in [5.41, 5.74) is 1.00. The van der Waals surface area contributed by atoms with E-state index in [1.165, 1.54) is 9.60 Å². The minimum absolute atomic E-state index is 0.691. The van der Waals surface area contributed by atoms with Crippen molar-refractivity contribution in [2.75, 3.05) is 11.6 Å². The summed E-state index contributed by atoms with van der Waals surface area (Å²) < 4.78 is 6.18. The van der Waals surface area contributed by atoms with Crippen LogP contribution in [0.15, 0.2) is 33.7 Å². The lowest BCUT2D eigenvalue weighted by Gasteiger charge is -1.92. The standard InChI is InChI=1S/C12H11N3OS2/c1-7-5-11(15-16-7)14-12-13-9-4-3-8(17-2)6-10(9)18-12/h3-6H,1-2H3,(H,13,14,15). The number of fused-ring (bicyclic) bond motifs is 1. The first kappa shape index (κ1) is 11.6. The number of benzene rings is 1. The number of hydrogen-bond acceptors (Lipinski definition) is 6. The van der Waals surface area contributed by atoms with Crippen LogP contribution in [0.1, 0.15) is 5.76 Å². The van der Waals surface area contributed by atoms with E-state index in [2.05, 4.69) is 33.8 Å². The Bertz CT molecular complexity index is 690. The summed E-state index contributed by atoms with van der Waals surface area (Å²) in [5.74, 6) is 1.47. The van der Waals surface area contributed by atoms with E-state index in [0.717, 1.165) is 16.4 Å². The van der Waals surface area contributed by atoms with Crippen LogP contribution >= 0.6 is 23.1 Å². The molecule has 0 fully saturated rings. The van der Waals surface area contributed by atoms with Gasteiger partial charge in [0.05, 0.1) is 10.2 Å². The Kier molecular flexibility index (Phi) is 2.97. The molecule has 0 aliphatic carbocycles. The van der Waals surface area contributed by atoms with E-state index in [1.54, 1.807) is 23.1 Å². The first-order valence-electron chi connectivity index (χ1n) is 5.39. The molecule has 0 aliphatic heterocycles. The summed E-state index contributed by atoms with van der Waals surface area (Å²) in [6, 6.07) is 8.12. The first-order chi connectivity index (χ1) is 8.74. The molecule has 1 N–H and O–H groups in total. The van der Waals surface area contributed by atoms with Gasteiger partial charge in [0, 0.05) is 11.0 Å². The van der Waals surface area contributed by atoms with Crippen LogP contribution in [0.5, 0.6) is 0 Å². The molecule has 0 aliphatic rings. The van der Waals surface area contributed by atoms with E-state index < -0.39 is 0 Å². The van der Waals surface area contributed by atoms with Gasteiger partial charge in [-0.05, 0) is 31.4 Å². The van der Waals surface area contributed by atoms with Crippen LogP contribution in [-0.4, -0.2) is 16.4 Å². The molecule has 0 spiro atoms. The van der Waals surface area contributed by atoms with Gasteiger partial charge in [0.15, 0.2) is 10.9 Å². The molecule has 0 amide bonds. The van der Waals surface area contributed by atoms with Crippen LogP contribution in [0.3, 0.4) is 0 Å². The SMILES string of the molecule is CSc1ccc2nc(Nc3cc(C)on3)sc2c1. The summed E-state index contributed by atoms with van der Waals surface area (Å²) in [6.07, 6.45) is 2.07. The van der Waals surface area contributed by atoms with Crippen LogP contribution in [0.2, 0.25) is 0 Å². The topological polar surface area (TPSA) is 51.0 Å². The van der Waals surface area contributed by atoms with Gasteiger partial charge in [0.25, 0.3) is 0 Å². The Morgan fingerprint density at radius 1 is 1.33 bits per heavy atom. The molecule has 0 atom stereocenters. The lowest BCUT2D eigenvalue weighted by atomic mass is 10.3. The summed E-state index contributed by atoms with van der Waals surface area (Å²) >= 11 is 3.35. The molecular formula is C12H11N3OS2. The minimum atomic E-state index is 0.691. The van der Waals surface area contributed by atoms with Crippen molar-refractivity contribution in [2.45, 2.75) is 11.8 Å². The smallest absolute Gasteiger partial charge is 0.189 e. The average Bonchev–Trinajstić information content (AvgIpc) is 2.94. The summed E-state index contributed by atoms with van der Waals surface area (Å²) in [5, 5.41) is 7.87. The van der Waals surface area contributed by atoms with Crippen LogP contribution < -0.4 is 5.32 Å². The second-order valence-electron chi connectivity index (χ2n) is 3.80. The van der Waals surface area contributed by atoms with Gasteiger partial charge in [-0.3, -0.25) is 0 Å². The number of thioether (sulfide) groups is 1. The van der Waals surface area contributed by atoms with E-state index in [4.69, 9.17) is 4.52 Å². The molecule has 3 aromatic rings. The number of nitrogens with one attached hydrogen (secondary N) is 1. The number of aryl methyl sites for hydroxylation is 1. The van der Waals surface area contributed by atoms with Crippen molar-refractivity contribution in [1.29, 1.82) is 0 Å². The Balaban J connectivity index is 1.93. The number of hydrogen-bond donors (Lipinski definition) is 1. The number of aromatic nitrogens is 2. The maximum atomic E-state index is 5.01. The van der Waals surface area contributed by atoms with Gasteiger partial charge in [-0.25, -0.2) is 4.98 Å². The fourth-order valence-electron chi connectivity index (χ4n) is 1.62. The van der Waals surface area contributed by atoms with Gasteiger partial charge < -0.3 is 9.84 Å². The van der Waals surface area contributed by atoms with Gasteiger partial charge in [-0.2, -0.15) is 0 Å². The predicted octanol–water partition coefficient (Wildman–Crippen LogP) is 4.06. The van der Waals surface area contributed by atoms with Crippen molar-refractivity contribution >= 4 is 44.3 Å².